The van der Waals surface area contributed by atoms with Crippen LogP contribution < -0.4 is 10.7 Å². The molecule has 132 valence electrons. The fourth-order valence-electron chi connectivity index (χ4n) is 2.56. The van der Waals surface area contributed by atoms with Crippen molar-refractivity contribution in [1.29, 1.82) is 0 Å². The molecule has 0 aliphatic heterocycles. The number of carbonyl (C=O) groups excluding carboxylic acids is 2. The maximum absolute atomic E-state index is 12.6. The second kappa shape index (κ2) is 7.23. The Bertz CT molecular complexity index is 1040. The van der Waals surface area contributed by atoms with E-state index >= 15 is 0 Å². The first-order valence-corrected chi connectivity index (χ1v) is 8.20. The molecule has 6 heteroatoms. The Morgan fingerprint density at radius 3 is 2.54 bits per heavy atom. The van der Waals surface area contributed by atoms with Crippen molar-refractivity contribution in [2.24, 2.45) is 0 Å². The van der Waals surface area contributed by atoms with Gasteiger partial charge in [0.1, 0.15) is 5.56 Å². The summed E-state index contributed by atoms with van der Waals surface area (Å²) < 4.78 is 4.89. The minimum Gasteiger partial charge on any atom is -0.462 e. The highest BCUT2D eigenvalue weighted by atomic mass is 16.5. The molecule has 0 spiro atoms. The lowest BCUT2D eigenvalue weighted by molar-refractivity contribution is 0.0524. The Morgan fingerprint density at radius 2 is 1.85 bits per heavy atom. The predicted octanol–water partition coefficient (Wildman–Crippen LogP) is 3.27. The lowest BCUT2D eigenvalue weighted by Crippen LogP contribution is -2.18. The van der Waals surface area contributed by atoms with Gasteiger partial charge in [-0.25, -0.2) is 4.79 Å². The van der Waals surface area contributed by atoms with Crippen LogP contribution in [0.15, 0.2) is 53.5 Å². The molecule has 0 fully saturated rings. The first kappa shape index (κ1) is 17.4. The summed E-state index contributed by atoms with van der Waals surface area (Å²) in [4.78, 5) is 39.7. The molecule has 6 nitrogen and oxygen atoms in total. The van der Waals surface area contributed by atoms with Gasteiger partial charge in [-0.2, -0.15) is 0 Å². The number of pyridine rings is 1. The van der Waals surface area contributed by atoms with Gasteiger partial charge < -0.3 is 15.0 Å². The molecule has 0 aliphatic carbocycles. The van der Waals surface area contributed by atoms with Crippen LogP contribution in [0, 0.1) is 6.92 Å². The zero-order chi connectivity index (χ0) is 18.7. The maximum Gasteiger partial charge on any atom is 0.343 e. The molecule has 1 aromatic heterocycles. The fourth-order valence-corrected chi connectivity index (χ4v) is 2.56. The smallest absolute Gasteiger partial charge is 0.343 e. The minimum absolute atomic E-state index is 0.0682. The number of aromatic nitrogens is 1. The number of amides is 1. The highest BCUT2D eigenvalue weighted by Crippen LogP contribution is 2.17. The first-order chi connectivity index (χ1) is 12.5. The summed E-state index contributed by atoms with van der Waals surface area (Å²) in [6.07, 6.45) is 1.34. The highest BCUT2D eigenvalue weighted by molar-refractivity contribution is 6.05. The monoisotopic (exact) mass is 350 g/mol. The third-order valence-corrected chi connectivity index (χ3v) is 3.95. The van der Waals surface area contributed by atoms with E-state index in [9.17, 15) is 14.4 Å². The third kappa shape index (κ3) is 3.49. The molecule has 26 heavy (non-hydrogen) atoms. The number of nitrogens with one attached hydrogen (secondary N) is 2. The molecular formula is C20H18N2O4. The number of H-pyrrole nitrogens is 1. The molecular weight excluding hydrogens is 332 g/mol. The number of esters is 1. The minimum atomic E-state index is -0.676. The fraction of sp³-hybridized carbons (Fsp3) is 0.150. The van der Waals surface area contributed by atoms with Crippen molar-refractivity contribution in [2.75, 3.05) is 11.9 Å². The zero-order valence-electron chi connectivity index (χ0n) is 14.5. The second-order valence-corrected chi connectivity index (χ2v) is 5.83. The molecule has 3 aromatic rings. The number of aromatic amines is 1. The largest absolute Gasteiger partial charge is 0.462 e. The Kier molecular flexibility index (Phi) is 4.84. The molecule has 0 saturated heterocycles. The number of hydrogen-bond acceptors (Lipinski definition) is 4. The summed E-state index contributed by atoms with van der Waals surface area (Å²) in [6.45, 7) is 3.80. The normalized spacial score (nSPS) is 10.5. The van der Waals surface area contributed by atoms with E-state index in [1.165, 1.54) is 6.20 Å². The van der Waals surface area contributed by atoms with Gasteiger partial charge >= 0.3 is 5.97 Å². The van der Waals surface area contributed by atoms with E-state index in [2.05, 4.69) is 10.3 Å². The molecule has 3 rings (SSSR count). The number of ether oxygens (including phenoxy) is 1. The Balaban J connectivity index is 1.94. The van der Waals surface area contributed by atoms with Crippen molar-refractivity contribution in [3.8, 4) is 0 Å². The van der Waals surface area contributed by atoms with Crippen LogP contribution in [-0.2, 0) is 4.74 Å². The molecule has 0 aliphatic rings. The topological polar surface area (TPSA) is 88.3 Å². The Labute approximate surface area is 149 Å². The van der Waals surface area contributed by atoms with E-state index in [1.54, 1.807) is 37.3 Å². The van der Waals surface area contributed by atoms with Crippen LogP contribution in [0.1, 0.15) is 33.2 Å². The van der Waals surface area contributed by atoms with Crippen LogP contribution in [0.5, 0.6) is 0 Å². The van der Waals surface area contributed by atoms with Crippen LogP contribution in [0.3, 0.4) is 0 Å². The third-order valence-electron chi connectivity index (χ3n) is 3.95. The predicted molar refractivity (Wildman–Crippen MR) is 99.7 cm³/mol. The van der Waals surface area contributed by atoms with Crippen molar-refractivity contribution in [2.45, 2.75) is 13.8 Å². The lowest BCUT2D eigenvalue weighted by Gasteiger charge is -2.08. The van der Waals surface area contributed by atoms with Gasteiger partial charge in [0.2, 0.25) is 5.43 Å². The van der Waals surface area contributed by atoms with Crippen molar-refractivity contribution >= 4 is 28.5 Å². The molecule has 0 radical (unpaired) electrons. The molecule has 0 unspecified atom stereocenters. The number of anilines is 1. The summed E-state index contributed by atoms with van der Waals surface area (Å²) >= 11 is 0. The number of benzene rings is 2. The molecule has 0 bridgehead atoms. The summed E-state index contributed by atoms with van der Waals surface area (Å²) in [5.74, 6) is -0.952. The molecule has 2 N–H and O–H groups in total. The Morgan fingerprint density at radius 1 is 1.12 bits per heavy atom. The maximum atomic E-state index is 12.6. The molecule has 1 amide bonds. The SMILES string of the molecule is CCOC(=O)c1c[nH]c2ccc(NC(=O)c3ccc(C)cc3)cc2c1=O. The van der Waals surface area contributed by atoms with Gasteiger partial charge in [0, 0.05) is 28.4 Å². The molecule has 1 heterocycles. The van der Waals surface area contributed by atoms with Crippen molar-refractivity contribution < 1.29 is 14.3 Å². The number of hydrogen-bond donors (Lipinski definition) is 2. The van der Waals surface area contributed by atoms with Gasteiger partial charge in [0.25, 0.3) is 5.91 Å². The highest BCUT2D eigenvalue weighted by Gasteiger charge is 2.14. The number of carbonyl (C=O) groups is 2. The van der Waals surface area contributed by atoms with Gasteiger partial charge in [0.05, 0.1) is 6.61 Å². The molecule has 0 atom stereocenters. The second-order valence-electron chi connectivity index (χ2n) is 5.83. The summed E-state index contributed by atoms with van der Waals surface area (Å²) in [5.41, 5.74) is 2.10. The van der Waals surface area contributed by atoms with Gasteiger partial charge in [-0.1, -0.05) is 17.7 Å². The standard InChI is InChI=1S/C20H18N2O4/c1-3-26-20(25)16-11-21-17-9-8-14(10-15(17)18(16)23)22-19(24)13-6-4-12(2)5-7-13/h4-11H,3H2,1-2H3,(H,21,23)(H,22,24). The summed E-state index contributed by atoms with van der Waals surface area (Å²) in [7, 11) is 0. The summed E-state index contributed by atoms with van der Waals surface area (Å²) in [5, 5.41) is 3.07. The first-order valence-electron chi connectivity index (χ1n) is 8.20. The number of rotatable bonds is 4. The lowest BCUT2D eigenvalue weighted by atomic mass is 10.1. The summed E-state index contributed by atoms with van der Waals surface area (Å²) in [6, 6.07) is 12.1. The van der Waals surface area contributed by atoms with E-state index in [0.29, 0.717) is 22.2 Å². The average Bonchev–Trinajstić information content (AvgIpc) is 2.63. The van der Waals surface area contributed by atoms with Gasteiger partial charge in [-0.15, -0.1) is 0 Å². The van der Waals surface area contributed by atoms with Crippen molar-refractivity contribution in [1.82, 2.24) is 4.98 Å². The van der Waals surface area contributed by atoms with Gasteiger partial charge in [-0.05, 0) is 44.2 Å². The molecule has 2 aromatic carbocycles. The van der Waals surface area contributed by atoms with Crippen LogP contribution in [-0.4, -0.2) is 23.5 Å². The van der Waals surface area contributed by atoms with Crippen molar-refractivity contribution in [3.05, 3.63) is 75.6 Å². The van der Waals surface area contributed by atoms with E-state index in [4.69, 9.17) is 4.74 Å². The van der Waals surface area contributed by atoms with Crippen LogP contribution in [0.2, 0.25) is 0 Å². The Hall–Kier alpha value is -3.41. The van der Waals surface area contributed by atoms with Crippen LogP contribution >= 0.6 is 0 Å². The zero-order valence-corrected chi connectivity index (χ0v) is 14.5. The number of fused-ring (bicyclic) bond motifs is 1. The number of aryl methyl sites for hydroxylation is 1. The van der Waals surface area contributed by atoms with Crippen LogP contribution in [0.25, 0.3) is 10.9 Å². The van der Waals surface area contributed by atoms with Gasteiger partial charge in [-0.3, -0.25) is 9.59 Å². The van der Waals surface area contributed by atoms with E-state index in [1.807, 2.05) is 19.1 Å². The van der Waals surface area contributed by atoms with E-state index < -0.39 is 11.4 Å². The quantitative estimate of drug-likeness (QED) is 0.707. The van der Waals surface area contributed by atoms with Crippen molar-refractivity contribution in [3.63, 3.8) is 0 Å². The van der Waals surface area contributed by atoms with E-state index in [-0.39, 0.29) is 18.1 Å². The van der Waals surface area contributed by atoms with E-state index in [0.717, 1.165) is 5.56 Å². The average molecular weight is 350 g/mol. The van der Waals surface area contributed by atoms with Gasteiger partial charge in [0.15, 0.2) is 0 Å². The molecule has 0 saturated carbocycles. The van der Waals surface area contributed by atoms with Crippen LogP contribution in [0.4, 0.5) is 5.69 Å².